The number of benzene rings is 2. The summed E-state index contributed by atoms with van der Waals surface area (Å²) >= 11 is 0. The molecule has 0 radical (unpaired) electrons. The Morgan fingerprint density at radius 3 is 2.34 bits per heavy atom. The molecule has 0 fully saturated rings. The molecule has 0 spiro atoms. The normalized spacial score (nSPS) is 14.4. The molecular formula is C30H37NO7. The summed E-state index contributed by atoms with van der Waals surface area (Å²) in [6, 6.07) is 9.79. The molecule has 0 saturated heterocycles. The minimum atomic E-state index is -0.572. The van der Waals surface area contributed by atoms with E-state index in [9.17, 15) is 4.79 Å². The van der Waals surface area contributed by atoms with Gasteiger partial charge in [-0.2, -0.15) is 0 Å². The number of aryl methyl sites for hydroxylation is 1. The summed E-state index contributed by atoms with van der Waals surface area (Å²) in [6.45, 7) is 5.24. The van der Waals surface area contributed by atoms with Crippen LogP contribution in [0.25, 0.3) is 11.3 Å². The van der Waals surface area contributed by atoms with Crippen LogP contribution in [0.15, 0.2) is 41.1 Å². The van der Waals surface area contributed by atoms with Gasteiger partial charge >= 0.3 is 5.97 Å². The number of carbonyl (C=O) groups excluding carboxylic acids is 1. The fourth-order valence-corrected chi connectivity index (χ4v) is 4.85. The third kappa shape index (κ3) is 6.06. The molecular weight excluding hydrogens is 486 g/mol. The number of esters is 1. The molecule has 1 aliphatic rings. The van der Waals surface area contributed by atoms with Crippen LogP contribution in [0.4, 0.5) is 0 Å². The Hall–Kier alpha value is -3.68. The monoisotopic (exact) mass is 523 g/mol. The van der Waals surface area contributed by atoms with Crippen LogP contribution in [0, 0.1) is 0 Å². The highest BCUT2D eigenvalue weighted by atomic mass is 16.6. The average Bonchev–Trinajstić information content (AvgIpc) is 3.48. The summed E-state index contributed by atoms with van der Waals surface area (Å²) in [5, 5.41) is 4.06. The molecule has 38 heavy (non-hydrogen) atoms. The number of nitrogens with zero attached hydrogens (tertiary/aromatic N) is 1. The largest absolute Gasteiger partial charge is 0.496 e. The van der Waals surface area contributed by atoms with Gasteiger partial charge in [0.1, 0.15) is 35.0 Å². The summed E-state index contributed by atoms with van der Waals surface area (Å²) in [4.78, 5) is 12.1. The first-order valence-electron chi connectivity index (χ1n) is 13.4. The molecule has 3 aromatic rings. The van der Waals surface area contributed by atoms with Gasteiger partial charge in [0.2, 0.25) is 0 Å². The molecule has 204 valence electrons. The molecule has 0 aliphatic carbocycles. The maximum atomic E-state index is 12.1. The van der Waals surface area contributed by atoms with Gasteiger partial charge in [0.25, 0.3) is 0 Å². The van der Waals surface area contributed by atoms with Crippen molar-refractivity contribution in [1.29, 1.82) is 0 Å². The van der Waals surface area contributed by atoms with Crippen molar-refractivity contribution in [2.24, 2.45) is 0 Å². The number of hydrogen-bond acceptors (Lipinski definition) is 8. The third-order valence-electron chi connectivity index (χ3n) is 6.64. The van der Waals surface area contributed by atoms with Crippen LogP contribution in [0.5, 0.6) is 23.0 Å². The molecule has 2 heterocycles. The predicted octanol–water partition coefficient (Wildman–Crippen LogP) is 5.97. The number of carbonyl (C=O) groups is 1. The highest BCUT2D eigenvalue weighted by Gasteiger charge is 2.29. The van der Waals surface area contributed by atoms with Crippen molar-refractivity contribution < 1.29 is 33.0 Å². The van der Waals surface area contributed by atoms with Crippen molar-refractivity contribution >= 4 is 5.97 Å². The maximum absolute atomic E-state index is 12.1. The molecule has 2 aromatic carbocycles. The maximum Gasteiger partial charge on any atom is 0.347 e. The van der Waals surface area contributed by atoms with Crippen LogP contribution in [-0.4, -0.2) is 44.7 Å². The van der Waals surface area contributed by atoms with Crippen LogP contribution < -0.4 is 18.9 Å². The van der Waals surface area contributed by atoms with Crippen LogP contribution in [0.3, 0.4) is 0 Å². The van der Waals surface area contributed by atoms with Crippen LogP contribution in [-0.2, 0) is 28.8 Å². The molecule has 1 unspecified atom stereocenters. The van der Waals surface area contributed by atoms with Gasteiger partial charge in [0.05, 0.1) is 27.4 Å². The SMILES string of the molecule is CCCc1c(OCCCOc2ccc(-c3ccon3)c(OC)c2CCC)ccc2c1OC(C(=O)OC)CC2. The van der Waals surface area contributed by atoms with E-state index < -0.39 is 6.10 Å². The third-order valence-corrected chi connectivity index (χ3v) is 6.64. The summed E-state index contributed by atoms with van der Waals surface area (Å²) in [6.07, 6.45) is 6.60. The second-order valence-electron chi connectivity index (χ2n) is 9.26. The van der Waals surface area contributed by atoms with Gasteiger partial charge < -0.3 is 28.2 Å². The molecule has 1 aromatic heterocycles. The van der Waals surface area contributed by atoms with Crippen molar-refractivity contribution in [3.8, 4) is 34.3 Å². The summed E-state index contributed by atoms with van der Waals surface area (Å²) in [5.74, 6) is 2.79. The summed E-state index contributed by atoms with van der Waals surface area (Å²) < 4.78 is 34.1. The van der Waals surface area contributed by atoms with Gasteiger partial charge in [-0.15, -0.1) is 0 Å². The minimum absolute atomic E-state index is 0.338. The average molecular weight is 524 g/mol. The summed E-state index contributed by atoms with van der Waals surface area (Å²) in [5.41, 5.74) is 4.75. The van der Waals surface area contributed by atoms with E-state index in [0.717, 1.165) is 83.0 Å². The fourth-order valence-electron chi connectivity index (χ4n) is 4.85. The Bertz CT molecular complexity index is 1210. The van der Waals surface area contributed by atoms with E-state index in [2.05, 4.69) is 19.0 Å². The molecule has 0 saturated carbocycles. The van der Waals surface area contributed by atoms with E-state index in [1.807, 2.05) is 30.3 Å². The number of methoxy groups -OCH3 is 2. The van der Waals surface area contributed by atoms with E-state index in [4.69, 9.17) is 28.2 Å². The molecule has 8 nitrogen and oxygen atoms in total. The van der Waals surface area contributed by atoms with Crippen LogP contribution in [0.2, 0.25) is 0 Å². The number of ether oxygens (including phenoxy) is 5. The van der Waals surface area contributed by atoms with Gasteiger partial charge in [-0.3, -0.25) is 0 Å². The zero-order chi connectivity index (χ0) is 26.9. The van der Waals surface area contributed by atoms with Crippen molar-refractivity contribution in [3.63, 3.8) is 0 Å². The lowest BCUT2D eigenvalue weighted by Crippen LogP contribution is -2.32. The van der Waals surface area contributed by atoms with Gasteiger partial charge in [-0.05, 0) is 49.4 Å². The van der Waals surface area contributed by atoms with E-state index in [1.165, 1.54) is 7.11 Å². The molecule has 0 N–H and O–H groups in total. The number of hydrogen-bond donors (Lipinski definition) is 0. The lowest BCUT2D eigenvalue weighted by Gasteiger charge is -2.27. The van der Waals surface area contributed by atoms with Crippen molar-refractivity contribution in [2.75, 3.05) is 27.4 Å². The first-order valence-corrected chi connectivity index (χ1v) is 13.4. The second-order valence-corrected chi connectivity index (χ2v) is 9.26. The van der Waals surface area contributed by atoms with Crippen molar-refractivity contribution in [3.05, 3.63) is 53.3 Å². The van der Waals surface area contributed by atoms with Crippen molar-refractivity contribution in [1.82, 2.24) is 5.16 Å². The Morgan fingerprint density at radius 1 is 0.974 bits per heavy atom. The number of rotatable bonds is 13. The number of fused-ring (bicyclic) bond motifs is 1. The minimum Gasteiger partial charge on any atom is -0.496 e. The fraction of sp³-hybridized carbons (Fsp3) is 0.467. The first kappa shape index (κ1) is 27.4. The summed E-state index contributed by atoms with van der Waals surface area (Å²) in [7, 11) is 3.06. The zero-order valence-corrected chi connectivity index (χ0v) is 22.7. The second kappa shape index (κ2) is 13.2. The lowest BCUT2D eigenvalue weighted by atomic mass is 9.96. The van der Waals surface area contributed by atoms with E-state index in [1.54, 1.807) is 13.4 Å². The van der Waals surface area contributed by atoms with E-state index in [0.29, 0.717) is 26.1 Å². The topological polar surface area (TPSA) is 89.3 Å². The molecule has 1 aliphatic heterocycles. The quantitative estimate of drug-likeness (QED) is 0.200. The number of aromatic nitrogens is 1. The smallest absolute Gasteiger partial charge is 0.347 e. The highest BCUT2D eigenvalue weighted by Crippen LogP contribution is 2.40. The standard InChI is InChI=1S/C30H37NO7/c1-5-8-22-25(13-10-20-11-14-27(30(32)34-4)38-28(20)22)35-17-7-18-36-26-15-12-21(24-16-19-37-31-24)29(33-3)23(26)9-6-2/h10,12-13,15-16,19,27H,5-9,11,14,17-18H2,1-4H3. The van der Waals surface area contributed by atoms with Crippen LogP contribution >= 0.6 is 0 Å². The van der Waals surface area contributed by atoms with Crippen LogP contribution in [0.1, 0.15) is 56.2 Å². The Labute approximate surface area is 224 Å². The molecule has 1 atom stereocenters. The Morgan fingerprint density at radius 2 is 1.68 bits per heavy atom. The molecule has 8 heteroatoms. The Balaban J connectivity index is 1.41. The van der Waals surface area contributed by atoms with Gasteiger partial charge in [-0.1, -0.05) is 37.9 Å². The molecule has 4 rings (SSSR count). The van der Waals surface area contributed by atoms with Gasteiger partial charge in [0, 0.05) is 29.2 Å². The molecule has 0 bridgehead atoms. The lowest BCUT2D eigenvalue weighted by molar-refractivity contribution is -0.149. The van der Waals surface area contributed by atoms with Crippen molar-refractivity contribution in [2.45, 2.75) is 64.9 Å². The predicted molar refractivity (Wildman–Crippen MR) is 143 cm³/mol. The van der Waals surface area contributed by atoms with Gasteiger partial charge in [-0.25, -0.2) is 4.79 Å². The van der Waals surface area contributed by atoms with E-state index in [-0.39, 0.29) is 5.97 Å². The highest BCUT2D eigenvalue weighted by molar-refractivity contribution is 5.76. The Kier molecular flexibility index (Phi) is 9.51. The molecule has 0 amide bonds. The zero-order valence-electron chi connectivity index (χ0n) is 22.7. The van der Waals surface area contributed by atoms with Gasteiger partial charge in [0.15, 0.2) is 6.10 Å². The van der Waals surface area contributed by atoms with E-state index >= 15 is 0 Å². The first-order chi connectivity index (χ1) is 18.6.